The number of piperazine rings is 1. The third-order valence-corrected chi connectivity index (χ3v) is 5.31. The molecule has 1 amide bonds. The molecule has 27 heavy (non-hydrogen) atoms. The largest absolute Gasteiger partial charge is 0.469 e. The summed E-state index contributed by atoms with van der Waals surface area (Å²) >= 11 is 0. The third-order valence-electron chi connectivity index (χ3n) is 5.31. The number of carbonyl (C=O) groups is 2. The Bertz CT molecular complexity index is 857. The van der Waals surface area contributed by atoms with Crippen LogP contribution in [0.2, 0.25) is 0 Å². The molecule has 1 aliphatic rings. The van der Waals surface area contributed by atoms with Gasteiger partial charge in [0, 0.05) is 37.6 Å². The van der Waals surface area contributed by atoms with E-state index >= 15 is 0 Å². The normalized spacial score (nSPS) is 16.4. The van der Waals surface area contributed by atoms with Gasteiger partial charge in [-0.05, 0) is 38.5 Å². The topological polar surface area (TPSA) is 62.7 Å². The van der Waals surface area contributed by atoms with Crippen molar-refractivity contribution in [2.24, 2.45) is 0 Å². The van der Waals surface area contributed by atoms with E-state index in [0.717, 1.165) is 35.2 Å². The lowest BCUT2D eigenvalue weighted by Crippen LogP contribution is -2.51. The van der Waals surface area contributed by atoms with Gasteiger partial charge in [0.1, 0.15) is 0 Å². The number of fused-ring (bicyclic) bond motifs is 1. The number of benzene rings is 1. The Morgan fingerprint density at radius 2 is 1.85 bits per heavy atom. The smallest absolute Gasteiger partial charge is 0.307 e. The second-order valence-electron chi connectivity index (χ2n) is 7.27. The van der Waals surface area contributed by atoms with E-state index in [-0.39, 0.29) is 17.9 Å². The SMILES string of the molecule is COC(=O)C[C@H](C)N1CCN(C(=O)c2cc3ccc(C)cc3nc2C)CC1. The highest BCUT2D eigenvalue weighted by Crippen LogP contribution is 2.20. The molecule has 0 radical (unpaired) electrons. The summed E-state index contributed by atoms with van der Waals surface area (Å²) in [7, 11) is 1.41. The van der Waals surface area contributed by atoms with Crippen molar-refractivity contribution >= 4 is 22.8 Å². The molecule has 1 atom stereocenters. The van der Waals surface area contributed by atoms with Crippen LogP contribution in [0.4, 0.5) is 0 Å². The number of esters is 1. The molecule has 1 aromatic carbocycles. The predicted molar refractivity (Wildman–Crippen MR) is 105 cm³/mol. The van der Waals surface area contributed by atoms with E-state index in [1.54, 1.807) is 0 Å². The van der Waals surface area contributed by atoms with E-state index in [4.69, 9.17) is 4.74 Å². The Morgan fingerprint density at radius 1 is 1.15 bits per heavy atom. The van der Waals surface area contributed by atoms with E-state index in [9.17, 15) is 9.59 Å². The maximum atomic E-state index is 13.0. The molecule has 0 N–H and O–H groups in total. The molecule has 3 rings (SSSR count). The first-order chi connectivity index (χ1) is 12.9. The van der Waals surface area contributed by atoms with Crippen molar-refractivity contribution in [1.29, 1.82) is 0 Å². The van der Waals surface area contributed by atoms with Gasteiger partial charge in [0.15, 0.2) is 0 Å². The van der Waals surface area contributed by atoms with Gasteiger partial charge < -0.3 is 9.64 Å². The molecule has 6 nitrogen and oxygen atoms in total. The molecule has 1 fully saturated rings. The Morgan fingerprint density at radius 3 is 2.52 bits per heavy atom. The van der Waals surface area contributed by atoms with E-state index in [1.807, 2.05) is 49.9 Å². The zero-order chi connectivity index (χ0) is 19.6. The highest BCUT2D eigenvalue weighted by atomic mass is 16.5. The van der Waals surface area contributed by atoms with Gasteiger partial charge in [0.05, 0.1) is 30.3 Å². The molecule has 0 spiro atoms. The first-order valence-electron chi connectivity index (χ1n) is 9.37. The zero-order valence-corrected chi connectivity index (χ0v) is 16.5. The minimum Gasteiger partial charge on any atom is -0.469 e. The zero-order valence-electron chi connectivity index (χ0n) is 16.5. The number of aromatic nitrogens is 1. The number of aryl methyl sites for hydroxylation is 2. The van der Waals surface area contributed by atoms with Crippen molar-refractivity contribution in [1.82, 2.24) is 14.8 Å². The average molecular weight is 369 g/mol. The van der Waals surface area contributed by atoms with Gasteiger partial charge in [-0.15, -0.1) is 0 Å². The maximum absolute atomic E-state index is 13.0. The van der Waals surface area contributed by atoms with Crippen LogP contribution in [0, 0.1) is 13.8 Å². The van der Waals surface area contributed by atoms with Gasteiger partial charge in [-0.2, -0.15) is 0 Å². The monoisotopic (exact) mass is 369 g/mol. The molecular formula is C21H27N3O3. The molecule has 0 unspecified atom stereocenters. The van der Waals surface area contributed by atoms with Crippen LogP contribution in [0.3, 0.4) is 0 Å². The number of carbonyl (C=O) groups excluding carboxylic acids is 2. The minimum absolute atomic E-state index is 0.0303. The van der Waals surface area contributed by atoms with Gasteiger partial charge in [0.25, 0.3) is 5.91 Å². The minimum atomic E-state index is -0.200. The van der Waals surface area contributed by atoms with Crippen LogP contribution in [0.5, 0.6) is 0 Å². The van der Waals surface area contributed by atoms with Gasteiger partial charge in [-0.3, -0.25) is 19.5 Å². The Balaban J connectivity index is 1.69. The van der Waals surface area contributed by atoms with E-state index in [0.29, 0.717) is 25.1 Å². The number of amides is 1. The summed E-state index contributed by atoms with van der Waals surface area (Å²) < 4.78 is 4.75. The Hall–Kier alpha value is -2.47. The second-order valence-corrected chi connectivity index (χ2v) is 7.27. The maximum Gasteiger partial charge on any atom is 0.307 e. The number of hydrogen-bond donors (Lipinski definition) is 0. The Kier molecular flexibility index (Phi) is 5.75. The first-order valence-corrected chi connectivity index (χ1v) is 9.37. The van der Waals surface area contributed by atoms with E-state index in [2.05, 4.69) is 9.88 Å². The summed E-state index contributed by atoms with van der Waals surface area (Å²) in [6.07, 6.45) is 0.373. The molecule has 0 aliphatic carbocycles. The lowest BCUT2D eigenvalue weighted by atomic mass is 10.1. The van der Waals surface area contributed by atoms with E-state index in [1.165, 1.54) is 7.11 Å². The summed E-state index contributed by atoms with van der Waals surface area (Å²) in [5.41, 5.74) is 3.51. The molecule has 0 saturated carbocycles. The van der Waals surface area contributed by atoms with Crippen LogP contribution in [0.1, 0.15) is 35.0 Å². The summed E-state index contributed by atoms with van der Waals surface area (Å²) in [6.45, 7) is 8.76. The van der Waals surface area contributed by atoms with Crippen LogP contribution in [-0.2, 0) is 9.53 Å². The lowest BCUT2D eigenvalue weighted by Gasteiger charge is -2.37. The summed E-state index contributed by atoms with van der Waals surface area (Å²) in [6, 6.07) is 8.15. The van der Waals surface area contributed by atoms with Crippen molar-refractivity contribution in [2.75, 3.05) is 33.3 Å². The standard InChI is InChI=1S/C21H27N3O3/c1-14-5-6-17-13-18(16(3)22-19(17)11-14)21(26)24-9-7-23(8-10-24)15(2)12-20(25)27-4/h5-6,11,13,15H,7-10,12H2,1-4H3/t15-/m0/s1. The van der Waals surface area contributed by atoms with Crippen LogP contribution < -0.4 is 0 Å². The average Bonchev–Trinajstić information content (AvgIpc) is 2.66. The number of nitrogens with zero attached hydrogens (tertiary/aromatic N) is 3. The number of methoxy groups -OCH3 is 1. The number of ether oxygens (including phenoxy) is 1. The summed E-state index contributed by atoms with van der Waals surface area (Å²) in [5.74, 6) is -0.170. The Labute approximate surface area is 160 Å². The van der Waals surface area contributed by atoms with Gasteiger partial charge in [-0.25, -0.2) is 0 Å². The molecule has 6 heteroatoms. The van der Waals surface area contributed by atoms with Crippen molar-refractivity contribution < 1.29 is 14.3 Å². The van der Waals surface area contributed by atoms with E-state index < -0.39 is 0 Å². The summed E-state index contributed by atoms with van der Waals surface area (Å²) in [5, 5.41) is 0.986. The van der Waals surface area contributed by atoms with Crippen molar-refractivity contribution in [2.45, 2.75) is 33.2 Å². The first kappa shape index (κ1) is 19.3. The highest BCUT2D eigenvalue weighted by molar-refractivity contribution is 5.98. The van der Waals surface area contributed by atoms with Crippen LogP contribution in [0.25, 0.3) is 10.9 Å². The summed E-state index contributed by atoms with van der Waals surface area (Å²) in [4.78, 5) is 33.2. The van der Waals surface area contributed by atoms with Gasteiger partial charge in [0.2, 0.25) is 0 Å². The molecule has 1 aromatic heterocycles. The predicted octanol–water partition coefficient (Wildman–Crippen LogP) is 2.56. The molecule has 1 saturated heterocycles. The molecule has 2 aromatic rings. The molecule has 0 bridgehead atoms. The molecule has 144 valence electrons. The van der Waals surface area contributed by atoms with Crippen LogP contribution >= 0.6 is 0 Å². The fraction of sp³-hybridized carbons (Fsp3) is 0.476. The van der Waals surface area contributed by atoms with Gasteiger partial charge >= 0.3 is 5.97 Å². The fourth-order valence-corrected chi connectivity index (χ4v) is 3.58. The quantitative estimate of drug-likeness (QED) is 0.775. The second kappa shape index (κ2) is 8.05. The fourth-order valence-electron chi connectivity index (χ4n) is 3.58. The molecule has 1 aliphatic heterocycles. The molecule has 2 heterocycles. The highest BCUT2D eigenvalue weighted by Gasteiger charge is 2.27. The number of pyridine rings is 1. The third kappa shape index (κ3) is 4.27. The van der Waals surface area contributed by atoms with Crippen molar-refractivity contribution in [3.63, 3.8) is 0 Å². The number of rotatable bonds is 4. The molecular weight excluding hydrogens is 342 g/mol. The van der Waals surface area contributed by atoms with Crippen molar-refractivity contribution in [3.05, 3.63) is 41.1 Å². The van der Waals surface area contributed by atoms with Crippen LogP contribution in [0.15, 0.2) is 24.3 Å². The van der Waals surface area contributed by atoms with Gasteiger partial charge in [-0.1, -0.05) is 12.1 Å². The van der Waals surface area contributed by atoms with Crippen molar-refractivity contribution in [3.8, 4) is 0 Å². The number of hydrogen-bond acceptors (Lipinski definition) is 5. The van der Waals surface area contributed by atoms with Crippen LogP contribution in [-0.4, -0.2) is 66.0 Å². The lowest BCUT2D eigenvalue weighted by molar-refractivity contribution is -0.142.